The van der Waals surface area contributed by atoms with Crippen molar-refractivity contribution in [2.45, 2.75) is 52.1 Å². The molecule has 1 aromatic rings. The lowest BCUT2D eigenvalue weighted by molar-refractivity contribution is 0.0578. The fraction of sp³-hybridized carbons (Fsp3) is 0.611. The van der Waals surface area contributed by atoms with Gasteiger partial charge in [-0.25, -0.2) is 4.79 Å². The van der Waals surface area contributed by atoms with Gasteiger partial charge in [-0.05, 0) is 70.2 Å². The summed E-state index contributed by atoms with van der Waals surface area (Å²) in [6.07, 6.45) is 4.36. The molecule has 0 aliphatic carbocycles. The van der Waals surface area contributed by atoms with Crippen molar-refractivity contribution < 1.29 is 9.53 Å². The van der Waals surface area contributed by atoms with Crippen LogP contribution in [0.1, 0.15) is 45.6 Å². The number of fused-ring (bicyclic) bond motifs is 1. The Bertz CT molecular complexity index is 557. The van der Waals surface area contributed by atoms with Crippen LogP contribution in [0.15, 0.2) is 18.2 Å². The third-order valence-corrected chi connectivity index (χ3v) is 4.27. The van der Waals surface area contributed by atoms with E-state index in [0.717, 1.165) is 38.2 Å². The first-order chi connectivity index (χ1) is 10.4. The van der Waals surface area contributed by atoms with Gasteiger partial charge in [-0.2, -0.15) is 0 Å². The lowest BCUT2D eigenvalue weighted by Gasteiger charge is -2.32. The van der Waals surface area contributed by atoms with E-state index in [1.165, 1.54) is 24.1 Å². The molecule has 0 atom stereocenters. The Kier molecular flexibility index (Phi) is 4.02. The molecule has 0 radical (unpaired) electrons. The molecule has 4 nitrogen and oxygen atoms in total. The van der Waals surface area contributed by atoms with Crippen molar-refractivity contribution in [3.05, 3.63) is 23.8 Å². The third kappa shape index (κ3) is 3.21. The summed E-state index contributed by atoms with van der Waals surface area (Å²) in [4.78, 5) is 16.6. The number of amides is 1. The summed E-state index contributed by atoms with van der Waals surface area (Å²) in [6, 6.07) is 6.50. The molecule has 0 N–H and O–H groups in total. The molecule has 1 fully saturated rings. The zero-order valence-corrected chi connectivity index (χ0v) is 13.9. The number of hydrogen-bond donors (Lipinski definition) is 0. The van der Waals surface area contributed by atoms with Crippen molar-refractivity contribution in [2.24, 2.45) is 0 Å². The van der Waals surface area contributed by atoms with Gasteiger partial charge in [0.15, 0.2) is 0 Å². The quantitative estimate of drug-likeness (QED) is 0.787. The number of carbonyl (C=O) groups excluding carboxylic acids is 1. The van der Waals surface area contributed by atoms with Crippen LogP contribution in [0, 0.1) is 0 Å². The van der Waals surface area contributed by atoms with Crippen molar-refractivity contribution in [1.82, 2.24) is 0 Å². The van der Waals surface area contributed by atoms with Crippen LogP contribution < -0.4 is 9.80 Å². The fourth-order valence-electron chi connectivity index (χ4n) is 3.26. The molecule has 120 valence electrons. The molecule has 0 aromatic heterocycles. The number of anilines is 2. The Balaban J connectivity index is 1.82. The molecule has 2 aliphatic rings. The minimum absolute atomic E-state index is 0.234. The van der Waals surface area contributed by atoms with Crippen LogP contribution in [0.4, 0.5) is 16.2 Å². The van der Waals surface area contributed by atoms with E-state index in [0.29, 0.717) is 0 Å². The van der Waals surface area contributed by atoms with Gasteiger partial charge in [0.1, 0.15) is 5.60 Å². The Labute approximate surface area is 133 Å². The second kappa shape index (κ2) is 5.82. The third-order valence-electron chi connectivity index (χ3n) is 4.27. The molecule has 1 saturated heterocycles. The largest absolute Gasteiger partial charge is 0.443 e. The fourth-order valence-corrected chi connectivity index (χ4v) is 3.26. The van der Waals surface area contributed by atoms with Gasteiger partial charge < -0.3 is 9.64 Å². The molecule has 0 bridgehead atoms. The highest BCUT2D eigenvalue weighted by Gasteiger charge is 2.27. The summed E-state index contributed by atoms with van der Waals surface area (Å²) in [6.45, 7) is 8.76. The maximum absolute atomic E-state index is 12.4. The molecular weight excluding hydrogens is 276 g/mol. The van der Waals surface area contributed by atoms with E-state index >= 15 is 0 Å². The summed E-state index contributed by atoms with van der Waals surface area (Å²) in [5, 5.41) is 0. The molecule has 1 amide bonds. The van der Waals surface area contributed by atoms with Crippen molar-refractivity contribution in [3.8, 4) is 0 Å². The molecule has 0 saturated carbocycles. The van der Waals surface area contributed by atoms with Crippen LogP contribution in [0.25, 0.3) is 0 Å². The molecule has 22 heavy (non-hydrogen) atoms. The second-order valence-corrected chi connectivity index (χ2v) is 7.24. The molecule has 2 heterocycles. The number of nitrogens with zero attached hydrogens (tertiary/aromatic N) is 2. The lowest BCUT2D eigenvalue weighted by atomic mass is 10.0. The monoisotopic (exact) mass is 302 g/mol. The Morgan fingerprint density at radius 2 is 1.82 bits per heavy atom. The van der Waals surface area contributed by atoms with Crippen molar-refractivity contribution in [2.75, 3.05) is 29.4 Å². The van der Waals surface area contributed by atoms with Gasteiger partial charge in [-0.15, -0.1) is 0 Å². The number of hydrogen-bond acceptors (Lipinski definition) is 3. The van der Waals surface area contributed by atoms with E-state index in [9.17, 15) is 4.79 Å². The molecule has 2 aliphatic heterocycles. The minimum Gasteiger partial charge on any atom is -0.443 e. The zero-order chi connectivity index (χ0) is 15.7. The van der Waals surface area contributed by atoms with Gasteiger partial charge in [-0.1, -0.05) is 0 Å². The number of ether oxygens (including phenoxy) is 1. The number of rotatable bonds is 1. The maximum atomic E-state index is 12.4. The first kappa shape index (κ1) is 15.2. The van der Waals surface area contributed by atoms with Gasteiger partial charge >= 0.3 is 6.09 Å². The lowest BCUT2D eigenvalue weighted by Crippen LogP contribution is -2.39. The minimum atomic E-state index is -0.454. The van der Waals surface area contributed by atoms with Gasteiger partial charge in [-0.3, -0.25) is 4.90 Å². The van der Waals surface area contributed by atoms with Gasteiger partial charge in [0.25, 0.3) is 0 Å². The van der Waals surface area contributed by atoms with E-state index in [-0.39, 0.29) is 6.09 Å². The van der Waals surface area contributed by atoms with Crippen molar-refractivity contribution in [3.63, 3.8) is 0 Å². The topological polar surface area (TPSA) is 32.8 Å². The molecular formula is C18H26N2O2. The highest BCUT2D eigenvalue weighted by Crippen LogP contribution is 2.33. The SMILES string of the molecule is CC(C)(C)OC(=O)N1CCCc2cc(N3CCCC3)ccc21. The maximum Gasteiger partial charge on any atom is 0.414 e. The van der Waals surface area contributed by atoms with Gasteiger partial charge in [0.2, 0.25) is 0 Å². The second-order valence-electron chi connectivity index (χ2n) is 7.24. The van der Waals surface area contributed by atoms with Crippen LogP contribution >= 0.6 is 0 Å². The summed E-state index contributed by atoms with van der Waals surface area (Å²) in [7, 11) is 0. The first-order valence-electron chi connectivity index (χ1n) is 8.32. The highest BCUT2D eigenvalue weighted by atomic mass is 16.6. The molecule has 3 rings (SSSR count). The first-order valence-corrected chi connectivity index (χ1v) is 8.32. The smallest absolute Gasteiger partial charge is 0.414 e. The highest BCUT2D eigenvalue weighted by molar-refractivity contribution is 5.90. The van der Waals surface area contributed by atoms with Gasteiger partial charge in [0.05, 0.1) is 5.69 Å². The summed E-state index contributed by atoms with van der Waals surface area (Å²) in [5.41, 5.74) is 3.12. The Morgan fingerprint density at radius 3 is 2.50 bits per heavy atom. The normalized spacial score (nSPS) is 18.3. The van der Waals surface area contributed by atoms with Crippen LogP contribution in [-0.4, -0.2) is 31.3 Å². The predicted molar refractivity (Wildman–Crippen MR) is 89.8 cm³/mol. The molecule has 4 heteroatoms. The van der Waals surface area contributed by atoms with Crippen LogP contribution in [0.3, 0.4) is 0 Å². The van der Waals surface area contributed by atoms with Crippen LogP contribution in [0.2, 0.25) is 0 Å². The number of carbonyl (C=O) groups is 1. The van der Waals surface area contributed by atoms with Crippen LogP contribution in [0.5, 0.6) is 0 Å². The average Bonchev–Trinajstić information content (AvgIpc) is 2.98. The average molecular weight is 302 g/mol. The standard InChI is InChI=1S/C18H26N2O2/c1-18(2,3)22-17(21)20-12-6-7-14-13-15(8-9-16(14)20)19-10-4-5-11-19/h8-9,13H,4-7,10-12H2,1-3H3. The van der Waals surface area contributed by atoms with Gasteiger partial charge in [0, 0.05) is 25.3 Å². The van der Waals surface area contributed by atoms with Crippen molar-refractivity contribution in [1.29, 1.82) is 0 Å². The number of aryl methyl sites for hydroxylation is 1. The molecule has 1 aromatic carbocycles. The Hall–Kier alpha value is -1.71. The molecule has 0 spiro atoms. The van der Waals surface area contributed by atoms with E-state index in [2.05, 4.69) is 23.1 Å². The zero-order valence-electron chi connectivity index (χ0n) is 13.9. The molecule has 0 unspecified atom stereocenters. The summed E-state index contributed by atoms with van der Waals surface area (Å²) in [5.74, 6) is 0. The van der Waals surface area contributed by atoms with E-state index in [4.69, 9.17) is 4.74 Å². The van der Waals surface area contributed by atoms with E-state index in [1.54, 1.807) is 4.90 Å². The summed E-state index contributed by atoms with van der Waals surface area (Å²) < 4.78 is 5.54. The van der Waals surface area contributed by atoms with E-state index in [1.807, 2.05) is 20.8 Å². The van der Waals surface area contributed by atoms with E-state index < -0.39 is 5.60 Å². The van der Waals surface area contributed by atoms with Crippen LogP contribution in [-0.2, 0) is 11.2 Å². The number of benzene rings is 1. The Morgan fingerprint density at radius 1 is 1.09 bits per heavy atom. The predicted octanol–water partition coefficient (Wildman–Crippen LogP) is 3.97. The van der Waals surface area contributed by atoms with Crippen molar-refractivity contribution >= 4 is 17.5 Å². The summed E-state index contributed by atoms with van der Waals surface area (Å²) >= 11 is 0.